The van der Waals surface area contributed by atoms with Gasteiger partial charge in [0.2, 0.25) is 0 Å². The molecule has 6 saturated carbocycles. The number of methoxy groups -OCH3 is 1. The number of aliphatic hydroxyl groups is 2. The highest BCUT2D eigenvalue weighted by Crippen LogP contribution is 2.59. The van der Waals surface area contributed by atoms with Gasteiger partial charge in [-0.15, -0.1) is 0 Å². The summed E-state index contributed by atoms with van der Waals surface area (Å²) in [5.41, 5.74) is -6.76. The number of hydrogen-bond donors (Lipinski definition) is 3. The summed E-state index contributed by atoms with van der Waals surface area (Å²) in [6.07, 6.45) is 5.15. The molecule has 20 nitrogen and oxygen atoms in total. The zero-order chi connectivity index (χ0) is 82.6. The Hall–Kier alpha value is -6.56. The minimum absolute atomic E-state index is 0.0828. The number of ether oxygens (including phenoxy) is 7. The van der Waals surface area contributed by atoms with Crippen LogP contribution in [-0.2, 0) is 87.7 Å². The second kappa shape index (κ2) is 39.3. The number of aromatic hydroxyl groups is 1. The van der Waals surface area contributed by atoms with E-state index >= 15 is 0 Å². The molecule has 0 spiro atoms. The number of hydrogen-bond acceptors (Lipinski definition) is 20. The van der Waals surface area contributed by atoms with Crippen molar-refractivity contribution in [3.63, 3.8) is 0 Å². The van der Waals surface area contributed by atoms with Gasteiger partial charge in [-0.05, 0) is 225 Å². The van der Waals surface area contributed by atoms with E-state index in [2.05, 4.69) is 58.0 Å². The van der Waals surface area contributed by atoms with Gasteiger partial charge in [0.25, 0.3) is 0 Å². The van der Waals surface area contributed by atoms with Crippen molar-refractivity contribution in [2.24, 2.45) is 39.4 Å². The van der Waals surface area contributed by atoms with Gasteiger partial charge in [-0.1, -0.05) is 90.3 Å². The van der Waals surface area contributed by atoms with Crippen LogP contribution < -0.4 is 0 Å². The number of rotatable bonds is 23. The van der Waals surface area contributed by atoms with Gasteiger partial charge in [0.15, 0.2) is 37.0 Å². The van der Waals surface area contributed by atoms with Crippen LogP contribution >= 0.6 is 0 Å². The first-order valence-electron chi connectivity index (χ1n) is 37.4. The van der Waals surface area contributed by atoms with Crippen molar-refractivity contribution in [2.45, 2.75) is 305 Å². The quantitative estimate of drug-likeness (QED) is 0.0261. The van der Waals surface area contributed by atoms with Gasteiger partial charge in [0.05, 0.1) is 58.1 Å². The standard InChI is InChI=1S/C21H33F3O7.C18H14OS.C16H26O3.C10H16O4.C8H12F4O3S.C7H14O2/c1-6-18(3,4)17(27)30-14-8-10-20(7-2,11-9-14)31-16(26)13-29-15(25)12-19(5,28)21(22,23)24;19-15-11-13-18(14-12-15)20(16-7-3-1-4-8-16)17-9-5-2-6-10-17;1-4-14(2,3)13(17)19-16-8-11-5-12(9-16)7-15(18,6-11)10-16;1-4-10(2,3)9(12)14-7-5-8(11)13-6-7;9-7(10,6-4-2-1-3-5-6)8(11,12)16(13,14)15;1-5-7(2,3)6(8)9-4/h14,28H,6-13H2,1-5H3;1-14H;11-12,18H,4-10H2,1-3H3;7H,4-6H2,1-3H3;6H,1-5H2,(H,13,14,15);5H2,1-4H3. The highest BCUT2D eigenvalue weighted by molar-refractivity contribution is 7.97. The molecule has 10 rings (SSSR count). The molecular weight excluding hydrogens is 1480 g/mol. The first-order valence-corrected chi connectivity index (χ1v) is 40.0. The fourth-order valence-electron chi connectivity index (χ4n) is 13.2. The van der Waals surface area contributed by atoms with Gasteiger partial charge >= 0.3 is 59.1 Å². The largest absolute Gasteiger partial charge is 0.743 e. The number of cyclic esters (lactones) is 1. The molecule has 0 radical (unpaired) electrons. The van der Waals surface area contributed by atoms with Crippen molar-refractivity contribution in [3.8, 4) is 5.75 Å². The molecule has 0 aromatic heterocycles. The Morgan fingerprint density at radius 2 is 1.04 bits per heavy atom. The monoisotopic (exact) mass is 1590 g/mol. The van der Waals surface area contributed by atoms with Crippen LogP contribution in [0.25, 0.3) is 0 Å². The van der Waals surface area contributed by atoms with E-state index in [1.807, 2.05) is 114 Å². The maximum absolute atomic E-state index is 13.3. The Bertz CT molecular complexity index is 3500. The average molecular weight is 1590 g/mol. The van der Waals surface area contributed by atoms with Crippen LogP contribution in [0.2, 0.25) is 0 Å². The van der Waals surface area contributed by atoms with E-state index in [1.54, 1.807) is 12.1 Å². The summed E-state index contributed by atoms with van der Waals surface area (Å²) in [5.74, 6) is -8.39. The maximum atomic E-state index is 13.3. The van der Waals surface area contributed by atoms with Crippen molar-refractivity contribution in [1.82, 2.24) is 0 Å². The van der Waals surface area contributed by atoms with Crippen LogP contribution in [0.15, 0.2) is 99.6 Å². The summed E-state index contributed by atoms with van der Waals surface area (Å²) in [6, 6.07) is 28.5. The van der Waals surface area contributed by atoms with Crippen LogP contribution in [0, 0.1) is 39.4 Å². The Kier molecular flexibility index (Phi) is 34.2. The van der Waals surface area contributed by atoms with E-state index in [9.17, 15) is 92.6 Å². The van der Waals surface area contributed by atoms with E-state index in [1.165, 1.54) is 28.2 Å². The number of halogens is 7. The molecule has 7 aliphatic rings. The fourth-order valence-corrected chi connectivity index (χ4v) is 15.8. The van der Waals surface area contributed by atoms with Gasteiger partial charge in [0.1, 0.15) is 35.8 Å². The highest BCUT2D eigenvalue weighted by atomic mass is 32.2. The molecule has 3 N–H and O–H groups in total. The minimum atomic E-state index is -6.34. The molecular formula is C80H115F7O20S2. The van der Waals surface area contributed by atoms with Gasteiger partial charge in [0, 0.05) is 12.3 Å². The van der Waals surface area contributed by atoms with Crippen LogP contribution in [0.4, 0.5) is 30.7 Å². The Balaban J connectivity index is 0.000000286. The van der Waals surface area contributed by atoms with E-state index in [-0.39, 0.29) is 89.8 Å². The number of carbonyl (C=O) groups excluding carboxylic acids is 7. The lowest BCUT2D eigenvalue weighted by atomic mass is 9.52. The van der Waals surface area contributed by atoms with E-state index in [0.717, 1.165) is 38.5 Å². The lowest BCUT2D eigenvalue weighted by molar-refractivity contribution is -0.255. The summed E-state index contributed by atoms with van der Waals surface area (Å²) in [6.45, 7) is 24.4. The predicted octanol–water partition coefficient (Wildman–Crippen LogP) is 16.6. The van der Waals surface area contributed by atoms with E-state index < -0.39 is 91.4 Å². The number of phenolic OH excluding ortho intramolecular Hbond substituents is 1. The molecule has 4 unspecified atom stereocenters. The topological polar surface area (TPSA) is 302 Å². The van der Waals surface area contributed by atoms with Crippen molar-refractivity contribution in [3.05, 3.63) is 84.9 Å². The zero-order valence-corrected chi connectivity index (χ0v) is 67.3. The average Bonchev–Trinajstić information content (AvgIpc) is 0.848. The molecule has 1 heterocycles. The summed E-state index contributed by atoms with van der Waals surface area (Å²) in [4.78, 5) is 85.2. The molecule has 4 bridgehead atoms. The number of carbonyl (C=O) groups is 7. The third-order valence-corrected chi connectivity index (χ3v) is 24.8. The van der Waals surface area contributed by atoms with Crippen LogP contribution in [0.3, 0.4) is 0 Å². The third kappa shape index (κ3) is 27.1. The lowest BCUT2D eigenvalue weighted by Crippen LogP contribution is -2.61. The van der Waals surface area contributed by atoms with Gasteiger partial charge < -0.3 is 53.0 Å². The summed E-state index contributed by atoms with van der Waals surface area (Å²) in [7, 11) is -5.06. The molecule has 3 aromatic carbocycles. The van der Waals surface area contributed by atoms with Crippen molar-refractivity contribution in [1.29, 1.82) is 0 Å². The number of esters is 7. The molecule has 0 amide bonds. The molecule has 4 atom stereocenters. The Morgan fingerprint density at radius 1 is 0.596 bits per heavy atom. The Morgan fingerprint density at radius 3 is 1.43 bits per heavy atom. The molecule has 109 heavy (non-hydrogen) atoms. The normalized spacial score (nSPS) is 23.4. The molecule has 1 saturated heterocycles. The second-order valence-electron chi connectivity index (χ2n) is 32.2. The first-order chi connectivity index (χ1) is 50.3. The second-order valence-corrected chi connectivity index (χ2v) is 35.6. The fraction of sp³-hybridized carbons (Fsp3) is 0.688. The van der Waals surface area contributed by atoms with Gasteiger partial charge in [-0.2, -0.15) is 30.7 Å². The van der Waals surface area contributed by atoms with Crippen molar-refractivity contribution < 1.29 is 126 Å². The van der Waals surface area contributed by atoms with E-state index in [4.69, 9.17) is 23.7 Å². The molecule has 1 aliphatic heterocycles. The molecule has 6 aliphatic carbocycles. The predicted molar refractivity (Wildman–Crippen MR) is 391 cm³/mol. The lowest BCUT2D eigenvalue weighted by Gasteiger charge is -2.59. The number of alkyl halides is 7. The number of phenols is 1. The SMILES string of the molecule is CCC(C)(C)C(=O)OC.CCC(C)(C)C(=O)OC12CC3CC(CC(O)(C3)C1)C2.CCC(C)(C)C(=O)OC1COC(=O)C1.CCC1(OC(=O)COC(=O)CC(C)(O)C(F)(F)F)CCC(OC(=O)C(C)(C)CC)CC1.O=S(=O)([O-])C(F)(F)C(F)(F)C1CCCCC1.Oc1ccc([S+](c2ccccc2)c2ccccc2)cc1. The van der Waals surface area contributed by atoms with Gasteiger partial charge in [-0.3, -0.25) is 28.8 Å². The van der Waals surface area contributed by atoms with Crippen molar-refractivity contribution >= 4 is 62.8 Å². The summed E-state index contributed by atoms with van der Waals surface area (Å²) >= 11 is 0. The Labute approximate surface area is 640 Å². The molecule has 7 fully saturated rings. The zero-order valence-electron chi connectivity index (χ0n) is 65.7. The van der Waals surface area contributed by atoms with E-state index in [0.29, 0.717) is 95.1 Å². The smallest absolute Gasteiger partial charge is 0.417 e. The first kappa shape index (κ1) is 94.8. The number of benzene rings is 3. The van der Waals surface area contributed by atoms with Crippen LogP contribution in [-0.4, -0.2) is 142 Å². The molecule has 616 valence electrons. The molecule has 3 aromatic rings. The summed E-state index contributed by atoms with van der Waals surface area (Å²) < 4.78 is 156. The van der Waals surface area contributed by atoms with Gasteiger partial charge in [-0.25, -0.2) is 13.2 Å². The summed E-state index contributed by atoms with van der Waals surface area (Å²) in [5, 5.41) is 23.9. The van der Waals surface area contributed by atoms with Crippen LogP contribution in [0.1, 0.15) is 238 Å². The van der Waals surface area contributed by atoms with Crippen LogP contribution in [0.5, 0.6) is 5.75 Å². The molecule has 29 heteroatoms. The minimum Gasteiger partial charge on any atom is -0.743 e. The van der Waals surface area contributed by atoms with Crippen molar-refractivity contribution in [2.75, 3.05) is 20.3 Å². The third-order valence-electron chi connectivity index (χ3n) is 21.7. The highest BCUT2D eigenvalue weighted by Gasteiger charge is 2.65. The maximum Gasteiger partial charge on any atom is 0.417 e.